The van der Waals surface area contributed by atoms with E-state index >= 15 is 0 Å². The minimum Gasteiger partial charge on any atom is -0.397 e. The molecule has 1 amide bonds. The molecule has 4 nitrogen and oxygen atoms in total. The van der Waals surface area contributed by atoms with Gasteiger partial charge in [-0.2, -0.15) is 0 Å². The number of anilines is 1. The lowest BCUT2D eigenvalue weighted by molar-refractivity contribution is 0.0591. The second kappa shape index (κ2) is 5.66. The standard InChI is InChI=1S/C16H20N2O2S/c1-10-5-6-12-13(8-10)21-15(14(12)17)16(19)18(2)9-11-4-3-7-20-11/h5-6,8,11H,3-4,7,9,17H2,1-2H3. The molecule has 5 heteroatoms. The molecule has 1 atom stereocenters. The molecule has 1 saturated heterocycles. The van der Waals surface area contributed by atoms with E-state index < -0.39 is 0 Å². The number of likely N-dealkylation sites (N-methyl/N-ethyl adjacent to an activating group) is 1. The van der Waals surface area contributed by atoms with Gasteiger partial charge in [0.2, 0.25) is 0 Å². The number of ether oxygens (including phenoxy) is 1. The largest absolute Gasteiger partial charge is 0.397 e. The number of carbonyl (C=O) groups is 1. The van der Waals surface area contributed by atoms with Crippen molar-refractivity contribution in [2.24, 2.45) is 0 Å². The summed E-state index contributed by atoms with van der Waals surface area (Å²) in [4.78, 5) is 15.0. The number of amides is 1. The van der Waals surface area contributed by atoms with Crippen molar-refractivity contribution in [3.8, 4) is 0 Å². The fraction of sp³-hybridized carbons (Fsp3) is 0.438. The van der Waals surface area contributed by atoms with Crippen LogP contribution in [-0.2, 0) is 4.74 Å². The second-order valence-corrected chi connectivity index (χ2v) is 6.72. The summed E-state index contributed by atoms with van der Waals surface area (Å²) in [5.74, 6) is -0.0122. The van der Waals surface area contributed by atoms with E-state index in [-0.39, 0.29) is 12.0 Å². The number of benzene rings is 1. The molecule has 1 fully saturated rings. The van der Waals surface area contributed by atoms with Crippen LogP contribution in [0.15, 0.2) is 18.2 Å². The maximum absolute atomic E-state index is 12.6. The predicted octanol–water partition coefficient (Wildman–Crippen LogP) is 3.04. The molecule has 2 aromatic rings. The zero-order chi connectivity index (χ0) is 15.0. The van der Waals surface area contributed by atoms with Gasteiger partial charge in [0.15, 0.2) is 0 Å². The van der Waals surface area contributed by atoms with Gasteiger partial charge in [-0.1, -0.05) is 12.1 Å². The van der Waals surface area contributed by atoms with Gasteiger partial charge in [-0.25, -0.2) is 0 Å². The molecule has 3 rings (SSSR count). The zero-order valence-electron chi connectivity index (χ0n) is 12.4. The Kier molecular flexibility index (Phi) is 3.87. The van der Waals surface area contributed by atoms with Crippen molar-refractivity contribution in [2.45, 2.75) is 25.9 Å². The van der Waals surface area contributed by atoms with Crippen LogP contribution in [0.3, 0.4) is 0 Å². The number of thiophene rings is 1. The monoisotopic (exact) mass is 304 g/mol. The second-order valence-electron chi connectivity index (χ2n) is 5.67. The van der Waals surface area contributed by atoms with Crippen LogP contribution < -0.4 is 5.73 Å². The smallest absolute Gasteiger partial charge is 0.265 e. The molecule has 0 saturated carbocycles. The van der Waals surface area contributed by atoms with Gasteiger partial charge in [0.05, 0.1) is 11.8 Å². The summed E-state index contributed by atoms with van der Waals surface area (Å²) < 4.78 is 6.66. The van der Waals surface area contributed by atoms with Crippen LogP contribution in [0, 0.1) is 6.92 Å². The Morgan fingerprint density at radius 2 is 2.33 bits per heavy atom. The zero-order valence-corrected chi connectivity index (χ0v) is 13.2. The van der Waals surface area contributed by atoms with Crippen LogP contribution in [0.4, 0.5) is 5.69 Å². The molecule has 1 aromatic heterocycles. The van der Waals surface area contributed by atoms with Gasteiger partial charge in [-0.15, -0.1) is 11.3 Å². The molecule has 2 N–H and O–H groups in total. The van der Waals surface area contributed by atoms with Crippen LogP contribution in [-0.4, -0.2) is 37.1 Å². The lowest BCUT2D eigenvalue weighted by atomic mass is 10.1. The molecule has 1 aliphatic heterocycles. The van der Waals surface area contributed by atoms with E-state index in [1.807, 2.05) is 26.1 Å². The first-order chi connectivity index (χ1) is 10.1. The van der Waals surface area contributed by atoms with E-state index in [1.165, 1.54) is 16.9 Å². The molecule has 21 heavy (non-hydrogen) atoms. The SMILES string of the molecule is Cc1ccc2c(N)c(C(=O)N(C)CC3CCCO3)sc2c1. The normalized spacial score (nSPS) is 18.3. The Balaban J connectivity index is 1.84. The number of rotatable bonds is 3. The Hall–Kier alpha value is -1.59. The van der Waals surface area contributed by atoms with Crippen molar-refractivity contribution in [2.75, 3.05) is 25.9 Å². The summed E-state index contributed by atoms with van der Waals surface area (Å²) >= 11 is 1.48. The third-order valence-corrected chi connectivity index (χ3v) is 5.08. The fourth-order valence-electron chi connectivity index (χ4n) is 2.73. The van der Waals surface area contributed by atoms with Gasteiger partial charge in [0.1, 0.15) is 4.88 Å². The molecule has 1 aliphatic rings. The van der Waals surface area contributed by atoms with Gasteiger partial charge < -0.3 is 15.4 Å². The average molecular weight is 304 g/mol. The number of fused-ring (bicyclic) bond motifs is 1. The van der Waals surface area contributed by atoms with Crippen molar-refractivity contribution in [3.63, 3.8) is 0 Å². The molecule has 112 valence electrons. The van der Waals surface area contributed by atoms with Crippen LogP contribution in [0.25, 0.3) is 10.1 Å². The van der Waals surface area contributed by atoms with E-state index in [0.717, 1.165) is 29.5 Å². The summed E-state index contributed by atoms with van der Waals surface area (Å²) in [7, 11) is 1.82. The molecule has 0 bridgehead atoms. The average Bonchev–Trinajstić information content (AvgIpc) is 3.06. The van der Waals surface area contributed by atoms with E-state index in [9.17, 15) is 4.79 Å². The van der Waals surface area contributed by atoms with Gasteiger partial charge in [0.25, 0.3) is 5.91 Å². The molecular weight excluding hydrogens is 284 g/mol. The number of hydrogen-bond acceptors (Lipinski definition) is 4. The number of nitrogen functional groups attached to an aromatic ring is 1. The number of nitrogens with two attached hydrogens (primary N) is 1. The summed E-state index contributed by atoms with van der Waals surface area (Å²) in [6.07, 6.45) is 2.27. The van der Waals surface area contributed by atoms with E-state index in [2.05, 4.69) is 6.07 Å². The highest BCUT2D eigenvalue weighted by Gasteiger charge is 2.24. The minimum absolute atomic E-state index is 0.0122. The van der Waals surface area contributed by atoms with Crippen LogP contribution >= 0.6 is 11.3 Å². The third-order valence-electron chi connectivity index (χ3n) is 3.93. The third kappa shape index (κ3) is 2.76. The number of carbonyl (C=O) groups excluding carboxylic acids is 1. The van der Waals surface area contributed by atoms with Crippen LogP contribution in [0.2, 0.25) is 0 Å². The highest BCUT2D eigenvalue weighted by Crippen LogP contribution is 2.35. The van der Waals surface area contributed by atoms with Crippen molar-refractivity contribution in [1.29, 1.82) is 0 Å². The predicted molar refractivity (Wildman–Crippen MR) is 86.9 cm³/mol. The van der Waals surface area contributed by atoms with E-state index in [4.69, 9.17) is 10.5 Å². The Morgan fingerprint density at radius 3 is 3.05 bits per heavy atom. The Labute approximate surface area is 128 Å². The minimum atomic E-state index is -0.0122. The summed E-state index contributed by atoms with van der Waals surface area (Å²) in [5, 5.41) is 0.972. The van der Waals surface area contributed by atoms with Gasteiger partial charge >= 0.3 is 0 Å². The number of aryl methyl sites for hydroxylation is 1. The highest BCUT2D eigenvalue weighted by molar-refractivity contribution is 7.21. The Morgan fingerprint density at radius 1 is 1.52 bits per heavy atom. The molecule has 1 aromatic carbocycles. The molecule has 0 radical (unpaired) electrons. The summed E-state index contributed by atoms with van der Waals surface area (Å²) in [5.41, 5.74) is 7.94. The maximum Gasteiger partial charge on any atom is 0.265 e. The molecule has 1 unspecified atom stereocenters. The van der Waals surface area contributed by atoms with Gasteiger partial charge in [-0.05, 0) is 31.4 Å². The van der Waals surface area contributed by atoms with E-state index in [0.29, 0.717) is 17.1 Å². The van der Waals surface area contributed by atoms with Crippen molar-refractivity contribution < 1.29 is 9.53 Å². The summed E-state index contributed by atoms with van der Waals surface area (Å²) in [6, 6.07) is 6.09. The Bertz CT molecular complexity index is 674. The van der Waals surface area contributed by atoms with Crippen molar-refractivity contribution in [1.82, 2.24) is 4.90 Å². The molecular formula is C16H20N2O2S. The molecule has 0 aliphatic carbocycles. The fourth-order valence-corrected chi connectivity index (χ4v) is 3.95. The number of nitrogens with zero attached hydrogens (tertiary/aromatic N) is 1. The lowest BCUT2D eigenvalue weighted by Gasteiger charge is -2.20. The molecule has 2 heterocycles. The number of hydrogen-bond donors (Lipinski definition) is 1. The van der Waals surface area contributed by atoms with E-state index in [1.54, 1.807) is 4.90 Å². The maximum atomic E-state index is 12.6. The summed E-state index contributed by atoms with van der Waals surface area (Å²) in [6.45, 7) is 3.48. The molecule has 0 spiro atoms. The topological polar surface area (TPSA) is 55.6 Å². The highest BCUT2D eigenvalue weighted by atomic mass is 32.1. The first-order valence-corrected chi connectivity index (χ1v) is 8.03. The quantitative estimate of drug-likeness (QED) is 0.948. The van der Waals surface area contributed by atoms with Gasteiger partial charge in [0, 0.05) is 30.3 Å². The first kappa shape index (κ1) is 14.4. The van der Waals surface area contributed by atoms with Crippen molar-refractivity contribution in [3.05, 3.63) is 28.6 Å². The van der Waals surface area contributed by atoms with Crippen LogP contribution in [0.1, 0.15) is 28.1 Å². The van der Waals surface area contributed by atoms with Gasteiger partial charge in [-0.3, -0.25) is 4.79 Å². The van der Waals surface area contributed by atoms with Crippen LogP contribution in [0.5, 0.6) is 0 Å². The lowest BCUT2D eigenvalue weighted by Crippen LogP contribution is -2.33. The van der Waals surface area contributed by atoms with Crippen molar-refractivity contribution >= 4 is 33.0 Å². The first-order valence-electron chi connectivity index (χ1n) is 7.22.